The molecule has 4 nitrogen and oxygen atoms in total. The van der Waals surface area contributed by atoms with E-state index in [-0.39, 0.29) is 6.61 Å². The molecule has 0 aliphatic carbocycles. The summed E-state index contributed by atoms with van der Waals surface area (Å²) in [5.74, 6) is 1.06. The lowest BCUT2D eigenvalue weighted by Gasteiger charge is -2.15. The van der Waals surface area contributed by atoms with Crippen molar-refractivity contribution in [2.45, 2.75) is 6.42 Å². The van der Waals surface area contributed by atoms with Crippen molar-refractivity contribution in [3.05, 3.63) is 17.4 Å². The van der Waals surface area contributed by atoms with E-state index in [1.54, 1.807) is 12.4 Å². The Bertz CT molecular complexity index is 303. The monoisotopic (exact) mass is 213 g/mol. The molecule has 1 saturated heterocycles. The van der Waals surface area contributed by atoms with Gasteiger partial charge in [0.15, 0.2) is 0 Å². The van der Waals surface area contributed by atoms with Crippen molar-refractivity contribution >= 4 is 17.5 Å². The predicted octanol–water partition coefficient (Wildman–Crippen LogP) is 0.949. The van der Waals surface area contributed by atoms with Crippen molar-refractivity contribution in [2.75, 3.05) is 24.6 Å². The maximum absolute atomic E-state index is 8.99. The first-order chi connectivity index (χ1) is 6.79. The van der Waals surface area contributed by atoms with Crippen molar-refractivity contribution < 1.29 is 5.11 Å². The summed E-state index contributed by atoms with van der Waals surface area (Å²) in [6, 6.07) is 0. The van der Waals surface area contributed by atoms with Crippen LogP contribution in [0.5, 0.6) is 0 Å². The van der Waals surface area contributed by atoms with Gasteiger partial charge in [0.2, 0.25) is 5.95 Å². The highest BCUT2D eigenvalue weighted by Gasteiger charge is 2.23. The van der Waals surface area contributed by atoms with E-state index in [4.69, 9.17) is 16.7 Å². The predicted molar refractivity (Wildman–Crippen MR) is 54.4 cm³/mol. The fraction of sp³-hybridized carbons (Fsp3) is 0.556. The average Bonchev–Trinajstić information content (AvgIpc) is 2.67. The van der Waals surface area contributed by atoms with E-state index < -0.39 is 0 Å². The standard InChI is InChI=1S/C9H12ClN3O/c10-8-3-11-9(12-4-8)13-2-1-7(5-13)6-14/h3-4,7,14H,1-2,5-6H2/t7-/m0/s1. The molecule has 2 rings (SSSR count). The van der Waals surface area contributed by atoms with Gasteiger partial charge in [-0.05, 0) is 6.42 Å². The van der Waals surface area contributed by atoms with Gasteiger partial charge >= 0.3 is 0 Å². The van der Waals surface area contributed by atoms with Gasteiger partial charge in [-0.3, -0.25) is 0 Å². The molecule has 0 spiro atoms. The molecule has 0 radical (unpaired) electrons. The minimum absolute atomic E-state index is 0.240. The van der Waals surface area contributed by atoms with Crippen LogP contribution in [0.15, 0.2) is 12.4 Å². The van der Waals surface area contributed by atoms with E-state index in [1.807, 2.05) is 0 Å². The number of aliphatic hydroxyl groups is 1. The second-order valence-electron chi connectivity index (χ2n) is 3.48. The van der Waals surface area contributed by atoms with Gasteiger partial charge in [-0.2, -0.15) is 0 Å². The van der Waals surface area contributed by atoms with Crippen LogP contribution in [-0.2, 0) is 0 Å². The summed E-state index contributed by atoms with van der Waals surface area (Å²) in [4.78, 5) is 10.3. The number of aliphatic hydroxyl groups excluding tert-OH is 1. The third-order valence-electron chi connectivity index (χ3n) is 2.43. The maximum atomic E-state index is 8.99. The van der Waals surface area contributed by atoms with Crippen LogP contribution < -0.4 is 4.90 Å². The van der Waals surface area contributed by atoms with E-state index >= 15 is 0 Å². The zero-order valence-electron chi connectivity index (χ0n) is 7.73. The summed E-state index contributed by atoms with van der Waals surface area (Å²) in [6.45, 7) is 1.98. The van der Waals surface area contributed by atoms with Crippen LogP contribution in [-0.4, -0.2) is 34.8 Å². The Kier molecular flexibility index (Phi) is 2.84. The summed E-state index contributed by atoms with van der Waals surface area (Å²) in [6.07, 6.45) is 4.19. The molecule has 0 unspecified atom stereocenters. The molecule has 1 aromatic rings. The third kappa shape index (κ3) is 1.96. The Labute approximate surface area is 87.5 Å². The van der Waals surface area contributed by atoms with E-state index in [0.29, 0.717) is 16.9 Å². The number of hydrogen-bond donors (Lipinski definition) is 1. The lowest BCUT2D eigenvalue weighted by atomic mass is 10.1. The van der Waals surface area contributed by atoms with Gasteiger partial charge < -0.3 is 10.0 Å². The first kappa shape index (κ1) is 9.68. The average molecular weight is 214 g/mol. The van der Waals surface area contributed by atoms with Gasteiger partial charge in [0.1, 0.15) is 0 Å². The van der Waals surface area contributed by atoms with Crippen LogP contribution in [0.25, 0.3) is 0 Å². The second-order valence-corrected chi connectivity index (χ2v) is 3.92. The Morgan fingerprint density at radius 1 is 1.50 bits per heavy atom. The normalized spacial score (nSPS) is 21.6. The molecule has 1 aliphatic rings. The number of nitrogens with zero attached hydrogens (tertiary/aromatic N) is 3. The Morgan fingerprint density at radius 3 is 2.79 bits per heavy atom. The van der Waals surface area contributed by atoms with Gasteiger partial charge in [0.25, 0.3) is 0 Å². The number of anilines is 1. The molecule has 5 heteroatoms. The third-order valence-corrected chi connectivity index (χ3v) is 2.63. The topological polar surface area (TPSA) is 49.2 Å². The van der Waals surface area contributed by atoms with Crippen LogP contribution >= 0.6 is 11.6 Å². The Hall–Kier alpha value is -0.870. The zero-order valence-corrected chi connectivity index (χ0v) is 8.48. The molecule has 14 heavy (non-hydrogen) atoms. The van der Waals surface area contributed by atoms with Crippen molar-refractivity contribution in [1.29, 1.82) is 0 Å². The van der Waals surface area contributed by atoms with Crippen LogP contribution in [0.2, 0.25) is 5.02 Å². The Balaban J connectivity index is 2.06. The first-order valence-electron chi connectivity index (χ1n) is 4.63. The van der Waals surface area contributed by atoms with Crippen LogP contribution in [0.1, 0.15) is 6.42 Å². The van der Waals surface area contributed by atoms with E-state index in [9.17, 15) is 0 Å². The minimum atomic E-state index is 0.240. The summed E-state index contributed by atoms with van der Waals surface area (Å²) in [5.41, 5.74) is 0. The smallest absolute Gasteiger partial charge is 0.225 e. The quantitative estimate of drug-likeness (QED) is 0.795. The van der Waals surface area contributed by atoms with Crippen molar-refractivity contribution in [2.24, 2.45) is 5.92 Å². The molecule has 0 amide bonds. The molecule has 0 aromatic carbocycles. The van der Waals surface area contributed by atoms with Crippen molar-refractivity contribution in [3.8, 4) is 0 Å². The van der Waals surface area contributed by atoms with Gasteiger partial charge in [-0.15, -0.1) is 0 Å². The van der Waals surface area contributed by atoms with Crippen LogP contribution in [0.4, 0.5) is 5.95 Å². The van der Waals surface area contributed by atoms with Gasteiger partial charge in [0, 0.05) is 25.6 Å². The molecule has 2 heterocycles. The molecular weight excluding hydrogens is 202 g/mol. The van der Waals surface area contributed by atoms with Crippen molar-refractivity contribution in [1.82, 2.24) is 9.97 Å². The SMILES string of the molecule is OC[C@H]1CCN(c2ncc(Cl)cn2)C1. The van der Waals surface area contributed by atoms with E-state index in [2.05, 4.69) is 14.9 Å². The summed E-state index contributed by atoms with van der Waals surface area (Å²) in [5, 5.41) is 9.53. The molecule has 0 saturated carbocycles. The van der Waals surface area contributed by atoms with Gasteiger partial charge in [0.05, 0.1) is 17.4 Å². The van der Waals surface area contributed by atoms with Crippen LogP contribution in [0.3, 0.4) is 0 Å². The fourth-order valence-electron chi connectivity index (χ4n) is 1.63. The summed E-state index contributed by atoms with van der Waals surface area (Å²) >= 11 is 5.69. The van der Waals surface area contributed by atoms with Crippen LogP contribution in [0, 0.1) is 5.92 Å². The molecule has 0 bridgehead atoms. The highest BCUT2D eigenvalue weighted by atomic mass is 35.5. The van der Waals surface area contributed by atoms with E-state index in [1.165, 1.54) is 0 Å². The summed E-state index contributed by atoms with van der Waals surface area (Å²) in [7, 11) is 0. The number of aromatic nitrogens is 2. The number of rotatable bonds is 2. The first-order valence-corrected chi connectivity index (χ1v) is 5.00. The Morgan fingerprint density at radius 2 is 2.21 bits per heavy atom. The lowest BCUT2D eigenvalue weighted by Crippen LogP contribution is -2.22. The maximum Gasteiger partial charge on any atom is 0.225 e. The van der Waals surface area contributed by atoms with Gasteiger partial charge in [-0.1, -0.05) is 11.6 Å². The molecule has 1 atom stereocenters. The largest absolute Gasteiger partial charge is 0.396 e. The zero-order chi connectivity index (χ0) is 9.97. The molecule has 1 aromatic heterocycles. The summed E-state index contributed by atoms with van der Waals surface area (Å²) < 4.78 is 0. The van der Waals surface area contributed by atoms with Crippen molar-refractivity contribution in [3.63, 3.8) is 0 Å². The molecule has 1 aliphatic heterocycles. The highest BCUT2D eigenvalue weighted by Crippen LogP contribution is 2.20. The molecule has 1 fully saturated rings. The highest BCUT2D eigenvalue weighted by molar-refractivity contribution is 6.30. The number of hydrogen-bond acceptors (Lipinski definition) is 4. The fourth-order valence-corrected chi connectivity index (χ4v) is 1.73. The van der Waals surface area contributed by atoms with Gasteiger partial charge in [-0.25, -0.2) is 9.97 Å². The second kappa shape index (κ2) is 4.11. The molecule has 76 valence electrons. The molecular formula is C9H12ClN3O. The van der Waals surface area contributed by atoms with E-state index in [0.717, 1.165) is 19.5 Å². The number of halogens is 1. The molecule has 1 N–H and O–H groups in total. The lowest BCUT2D eigenvalue weighted by molar-refractivity contribution is 0.238. The minimum Gasteiger partial charge on any atom is -0.396 e.